The maximum Gasteiger partial charge on any atom is 0.198 e. The van der Waals surface area contributed by atoms with Gasteiger partial charge in [0.2, 0.25) is 0 Å². The van der Waals surface area contributed by atoms with Crippen molar-refractivity contribution in [2.24, 2.45) is 0 Å². The Kier molecular flexibility index (Phi) is 2.73. The van der Waals surface area contributed by atoms with E-state index in [4.69, 9.17) is 14.2 Å². The van der Waals surface area contributed by atoms with Gasteiger partial charge in [0.25, 0.3) is 0 Å². The van der Waals surface area contributed by atoms with Crippen LogP contribution in [0.2, 0.25) is 0 Å². The van der Waals surface area contributed by atoms with Crippen LogP contribution in [0.15, 0.2) is 24.3 Å². The topological polar surface area (TPSA) is 44.8 Å². The quantitative estimate of drug-likeness (QED) is 0.819. The first-order valence-electron chi connectivity index (χ1n) is 6.20. The smallest absolute Gasteiger partial charge is 0.198 e. The van der Waals surface area contributed by atoms with Gasteiger partial charge in [-0.25, -0.2) is 0 Å². The van der Waals surface area contributed by atoms with Gasteiger partial charge in [0.15, 0.2) is 17.7 Å². The normalized spacial score (nSPS) is 33.6. The van der Waals surface area contributed by atoms with E-state index in [0.717, 1.165) is 5.56 Å². The Hall–Kier alpha value is -1.23. The molecule has 1 aromatic rings. The van der Waals surface area contributed by atoms with Gasteiger partial charge in [-0.1, -0.05) is 24.3 Å². The molecule has 3 rings (SSSR count). The summed E-state index contributed by atoms with van der Waals surface area (Å²) < 4.78 is 17.0. The number of ether oxygens (including phenoxy) is 3. The molecule has 0 N–H and O–H groups in total. The van der Waals surface area contributed by atoms with Crippen molar-refractivity contribution in [3.05, 3.63) is 35.4 Å². The van der Waals surface area contributed by atoms with Crippen LogP contribution in [0.5, 0.6) is 0 Å². The van der Waals surface area contributed by atoms with E-state index in [1.165, 1.54) is 0 Å². The molecule has 0 aliphatic carbocycles. The van der Waals surface area contributed by atoms with Gasteiger partial charge in [-0.05, 0) is 6.92 Å². The fraction of sp³-hybridized carbons (Fsp3) is 0.500. The Labute approximate surface area is 106 Å². The molecule has 18 heavy (non-hydrogen) atoms. The van der Waals surface area contributed by atoms with Crippen LogP contribution in [0.25, 0.3) is 0 Å². The number of rotatable bonds is 3. The zero-order chi connectivity index (χ0) is 12.8. The van der Waals surface area contributed by atoms with E-state index in [9.17, 15) is 4.79 Å². The Balaban J connectivity index is 2.10. The van der Waals surface area contributed by atoms with Crippen molar-refractivity contribution in [1.82, 2.24) is 0 Å². The number of fused-ring (bicyclic) bond motifs is 4. The molecule has 0 radical (unpaired) electrons. The van der Waals surface area contributed by atoms with E-state index in [1.54, 1.807) is 7.11 Å². The maximum absolute atomic E-state index is 12.4. The number of Topliss-reactive ketones (excluding diaryl/α,β-unsaturated/α-hetero) is 1. The Morgan fingerprint density at radius 3 is 2.94 bits per heavy atom. The van der Waals surface area contributed by atoms with Gasteiger partial charge >= 0.3 is 0 Å². The van der Waals surface area contributed by atoms with Gasteiger partial charge < -0.3 is 14.2 Å². The minimum Gasteiger partial charge on any atom is -0.375 e. The number of carbonyl (C=O) groups excluding carboxylic acids is 1. The van der Waals surface area contributed by atoms with Crippen LogP contribution in [0.4, 0.5) is 0 Å². The lowest BCUT2D eigenvalue weighted by atomic mass is 9.95. The highest BCUT2D eigenvalue weighted by Crippen LogP contribution is 2.47. The Morgan fingerprint density at radius 1 is 1.44 bits per heavy atom. The van der Waals surface area contributed by atoms with Crippen LogP contribution in [0.1, 0.15) is 29.3 Å². The second-order valence-electron chi connectivity index (χ2n) is 4.60. The molecule has 4 heteroatoms. The van der Waals surface area contributed by atoms with Crippen LogP contribution in [-0.2, 0) is 20.0 Å². The van der Waals surface area contributed by atoms with Crippen molar-refractivity contribution in [3.8, 4) is 0 Å². The number of methoxy groups -OCH3 is 1. The highest BCUT2D eigenvalue weighted by atomic mass is 16.7. The Bertz CT molecular complexity index is 484. The molecule has 0 amide bonds. The molecule has 2 heterocycles. The van der Waals surface area contributed by atoms with Crippen LogP contribution in [0, 0.1) is 0 Å². The van der Waals surface area contributed by atoms with E-state index in [1.807, 2.05) is 31.2 Å². The number of carbonyl (C=O) groups is 1. The molecule has 96 valence electrons. The standard InChI is InChI=1S/C14H16O4/c1-3-17-11-8-14(16-2)10-7-5-4-6-9(10)12(15)13(11)18-14/h4-7,11,13H,3,8H2,1-2H3/t11-,13+,14-/m0/s1. The lowest BCUT2D eigenvalue weighted by Gasteiger charge is -2.32. The molecule has 1 aromatic carbocycles. The summed E-state index contributed by atoms with van der Waals surface area (Å²) in [5.74, 6) is -0.830. The van der Waals surface area contributed by atoms with Crippen molar-refractivity contribution in [2.75, 3.05) is 13.7 Å². The molecule has 0 aromatic heterocycles. The molecular weight excluding hydrogens is 232 g/mol. The zero-order valence-electron chi connectivity index (χ0n) is 10.5. The fourth-order valence-electron chi connectivity index (χ4n) is 2.88. The first-order chi connectivity index (χ1) is 8.72. The van der Waals surface area contributed by atoms with Crippen LogP contribution in [0.3, 0.4) is 0 Å². The molecule has 0 spiro atoms. The average molecular weight is 248 g/mol. The number of benzene rings is 1. The van der Waals surface area contributed by atoms with E-state index >= 15 is 0 Å². The summed E-state index contributed by atoms with van der Waals surface area (Å²) in [4.78, 5) is 12.4. The van der Waals surface area contributed by atoms with E-state index in [-0.39, 0.29) is 11.9 Å². The molecule has 2 aliphatic rings. The minimum atomic E-state index is -0.824. The molecule has 3 atom stereocenters. The third kappa shape index (κ3) is 1.46. The highest BCUT2D eigenvalue weighted by Gasteiger charge is 2.56. The van der Waals surface area contributed by atoms with Crippen LogP contribution >= 0.6 is 0 Å². The van der Waals surface area contributed by atoms with Crippen LogP contribution in [-0.4, -0.2) is 31.7 Å². The highest BCUT2D eigenvalue weighted by molar-refractivity contribution is 6.02. The van der Waals surface area contributed by atoms with E-state index in [0.29, 0.717) is 18.6 Å². The summed E-state index contributed by atoms with van der Waals surface area (Å²) in [6, 6.07) is 7.47. The molecule has 0 saturated carbocycles. The zero-order valence-corrected chi connectivity index (χ0v) is 10.5. The molecule has 2 bridgehead atoms. The molecule has 1 saturated heterocycles. The van der Waals surface area contributed by atoms with Gasteiger partial charge in [-0.2, -0.15) is 0 Å². The molecule has 0 unspecified atom stereocenters. The average Bonchev–Trinajstić information content (AvgIpc) is 2.75. The first kappa shape index (κ1) is 11.8. The summed E-state index contributed by atoms with van der Waals surface area (Å²) in [5, 5.41) is 0. The van der Waals surface area contributed by atoms with Crippen molar-refractivity contribution in [3.63, 3.8) is 0 Å². The largest absolute Gasteiger partial charge is 0.375 e. The third-order valence-corrected chi connectivity index (χ3v) is 3.70. The molecule has 4 nitrogen and oxygen atoms in total. The summed E-state index contributed by atoms with van der Waals surface area (Å²) in [6.45, 7) is 2.48. The monoisotopic (exact) mass is 248 g/mol. The lowest BCUT2D eigenvalue weighted by molar-refractivity contribution is -0.217. The SMILES string of the molecule is CCO[C@H]1C[C@]2(OC)O[C@H]1C(=O)c1ccccc12. The van der Waals surface area contributed by atoms with E-state index < -0.39 is 11.9 Å². The van der Waals surface area contributed by atoms with Crippen molar-refractivity contribution >= 4 is 5.78 Å². The minimum absolute atomic E-state index is 0.00535. The molecule has 2 aliphatic heterocycles. The molecule has 1 fully saturated rings. The number of hydrogen-bond acceptors (Lipinski definition) is 4. The summed E-state index contributed by atoms with van der Waals surface area (Å²) in [5.41, 5.74) is 1.51. The summed E-state index contributed by atoms with van der Waals surface area (Å²) >= 11 is 0. The third-order valence-electron chi connectivity index (χ3n) is 3.70. The maximum atomic E-state index is 12.4. The fourth-order valence-corrected chi connectivity index (χ4v) is 2.88. The lowest BCUT2D eigenvalue weighted by Crippen LogP contribution is -2.39. The Morgan fingerprint density at radius 2 is 2.22 bits per heavy atom. The summed E-state index contributed by atoms with van der Waals surface area (Å²) in [6.07, 6.45) is -0.209. The van der Waals surface area contributed by atoms with Crippen molar-refractivity contribution in [1.29, 1.82) is 0 Å². The van der Waals surface area contributed by atoms with Gasteiger partial charge in [0, 0.05) is 31.3 Å². The second-order valence-corrected chi connectivity index (χ2v) is 4.60. The van der Waals surface area contributed by atoms with Gasteiger partial charge in [-0.3, -0.25) is 4.79 Å². The summed E-state index contributed by atoms with van der Waals surface area (Å²) in [7, 11) is 1.61. The van der Waals surface area contributed by atoms with Gasteiger partial charge in [0.05, 0.1) is 6.10 Å². The predicted octanol–water partition coefficient (Wildman–Crippen LogP) is 1.88. The van der Waals surface area contributed by atoms with Crippen molar-refractivity contribution in [2.45, 2.75) is 31.3 Å². The van der Waals surface area contributed by atoms with Gasteiger partial charge in [0.1, 0.15) is 0 Å². The van der Waals surface area contributed by atoms with Crippen LogP contribution < -0.4 is 0 Å². The second kappa shape index (κ2) is 4.16. The van der Waals surface area contributed by atoms with Crippen molar-refractivity contribution < 1.29 is 19.0 Å². The van der Waals surface area contributed by atoms with Gasteiger partial charge in [-0.15, -0.1) is 0 Å². The number of hydrogen-bond donors (Lipinski definition) is 0. The van der Waals surface area contributed by atoms with E-state index in [2.05, 4.69) is 0 Å². The first-order valence-corrected chi connectivity index (χ1v) is 6.20. The number of ketones is 1. The predicted molar refractivity (Wildman–Crippen MR) is 64.4 cm³/mol. The molecular formula is C14H16O4.